The van der Waals surface area contributed by atoms with Gasteiger partial charge in [-0.15, -0.1) is 0 Å². The van der Waals surface area contributed by atoms with Gasteiger partial charge in [0.05, 0.1) is 5.69 Å². The Morgan fingerprint density at radius 2 is 1.84 bits per heavy atom. The molecule has 0 aliphatic rings. The highest BCUT2D eigenvalue weighted by Gasteiger charge is 2.19. The van der Waals surface area contributed by atoms with Crippen LogP contribution in [0.2, 0.25) is 0 Å². The number of hydrogen-bond acceptors (Lipinski definition) is 2. The quantitative estimate of drug-likeness (QED) is 0.838. The molecule has 0 heterocycles. The van der Waals surface area contributed by atoms with Crippen molar-refractivity contribution in [2.24, 2.45) is 5.92 Å². The molecule has 3 nitrogen and oxygen atoms in total. The Bertz CT molecular complexity index is 463. The Balaban J connectivity index is 2.69. The minimum atomic E-state index is -1.62. The minimum Gasteiger partial charge on any atom is -0.368 e. The van der Waals surface area contributed by atoms with E-state index in [1.54, 1.807) is 0 Å². The summed E-state index contributed by atoms with van der Waals surface area (Å²) >= 11 is 0. The van der Waals surface area contributed by atoms with Crippen LogP contribution in [0.1, 0.15) is 20.8 Å². The van der Waals surface area contributed by atoms with Gasteiger partial charge in [-0.3, -0.25) is 4.79 Å². The molecule has 1 N–H and O–H groups in total. The number of amides is 1. The topological polar surface area (TPSA) is 38.3 Å². The highest BCUT2D eigenvalue weighted by Crippen LogP contribution is 2.19. The van der Waals surface area contributed by atoms with Crippen molar-refractivity contribution in [3.63, 3.8) is 0 Å². The van der Waals surface area contributed by atoms with E-state index >= 15 is 0 Å². The van der Waals surface area contributed by atoms with Crippen molar-refractivity contribution in [1.29, 1.82) is 0 Å². The zero-order valence-electron chi connectivity index (χ0n) is 11.0. The molecule has 0 aromatic heterocycles. The lowest BCUT2D eigenvalue weighted by Gasteiger charge is -2.15. The molecule has 0 saturated carbocycles. The molecule has 1 rings (SSSR count). The van der Waals surface area contributed by atoms with Gasteiger partial charge in [0.15, 0.2) is 17.5 Å². The zero-order valence-corrected chi connectivity index (χ0v) is 11.0. The van der Waals surface area contributed by atoms with E-state index in [1.807, 2.05) is 13.8 Å². The third-order valence-corrected chi connectivity index (χ3v) is 2.34. The van der Waals surface area contributed by atoms with Gasteiger partial charge in [0, 0.05) is 6.61 Å². The van der Waals surface area contributed by atoms with Crippen LogP contribution in [-0.2, 0) is 9.53 Å². The van der Waals surface area contributed by atoms with Crippen molar-refractivity contribution in [3.05, 3.63) is 29.6 Å². The second-order valence-corrected chi connectivity index (χ2v) is 4.58. The summed E-state index contributed by atoms with van der Waals surface area (Å²) in [5.41, 5.74) is -0.413. The van der Waals surface area contributed by atoms with E-state index in [9.17, 15) is 18.0 Å². The van der Waals surface area contributed by atoms with Crippen LogP contribution in [0.4, 0.5) is 18.9 Å². The highest BCUT2D eigenvalue weighted by molar-refractivity contribution is 5.94. The van der Waals surface area contributed by atoms with Crippen LogP contribution < -0.4 is 5.32 Å². The average Bonchev–Trinajstić information content (AvgIpc) is 2.36. The number of carbonyl (C=O) groups excluding carboxylic acids is 1. The maximum absolute atomic E-state index is 13.3. The predicted molar refractivity (Wildman–Crippen MR) is 65.2 cm³/mol. The number of hydrogen-bond donors (Lipinski definition) is 1. The maximum atomic E-state index is 13.3. The second-order valence-electron chi connectivity index (χ2n) is 4.58. The Kier molecular flexibility index (Phi) is 5.35. The molecular formula is C13H16F3NO2. The summed E-state index contributed by atoms with van der Waals surface area (Å²) < 4.78 is 44.2. The van der Waals surface area contributed by atoms with Gasteiger partial charge in [-0.1, -0.05) is 13.8 Å². The normalized spacial score (nSPS) is 12.6. The molecule has 1 aromatic carbocycles. The van der Waals surface area contributed by atoms with E-state index in [-0.39, 0.29) is 5.92 Å². The van der Waals surface area contributed by atoms with Gasteiger partial charge in [0.2, 0.25) is 0 Å². The van der Waals surface area contributed by atoms with E-state index in [4.69, 9.17) is 4.74 Å². The first-order chi connectivity index (χ1) is 8.82. The molecule has 1 aromatic rings. The first-order valence-electron chi connectivity index (χ1n) is 5.89. The molecule has 0 bridgehead atoms. The first-order valence-corrected chi connectivity index (χ1v) is 5.89. The van der Waals surface area contributed by atoms with Crippen LogP contribution in [0.5, 0.6) is 0 Å². The zero-order chi connectivity index (χ0) is 14.6. The smallest absolute Gasteiger partial charge is 0.253 e. The molecular weight excluding hydrogens is 259 g/mol. The van der Waals surface area contributed by atoms with Crippen LogP contribution in [-0.4, -0.2) is 18.6 Å². The molecule has 0 aliphatic carbocycles. The molecule has 0 aliphatic heterocycles. The van der Waals surface area contributed by atoms with Crippen molar-refractivity contribution in [2.45, 2.75) is 26.9 Å². The third-order valence-electron chi connectivity index (χ3n) is 2.34. The van der Waals surface area contributed by atoms with Crippen molar-refractivity contribution >= 4 is 11.6 Å². The van der Waals surface area contributed by atoms with Gasteiger partial charge in [0.1, 0.15) is 6.10 Å². The van der Waals surface area contributed by atoms with Gasteiger partial charge >= 0.3 is 0 Å². The lowest BCUT2D eigenvalue weighted by molar-refractivity contribution is -0.126. The summed E-state index contributed by atoms with van der Waals surface area (Å²) in [4.78, 5) is 11.7. The molecule has 0 saturated heterocycles. The number of nitrogens with one attached hydrogen (secondary N) is 1. The SMILES string of the molecule is CC(C)COC(C)C(=O)Nc1ccc(F)c(F)c1F. The van der Waals surface area contributed by atoms with E-state index in [0.29, 0.717) is 6.61 Å². The summed E-state index contributed by atoms with van der Waals surface area (Å²) in [6.45, 7) is 5.70. The van der Waals surface area contributed by atoms with E-state index in [1.165, 1.54) is 6.92 Å². The molecule has 0 spiro atoms. The predicted octanol–water partition coefficient (Wildman–Crippen LogP) is 3.10. The maximum Gasteiger partial charge on any atom is 0.253 e. The fraction of sp³-hybridized carbons (Fsp3) is 0.462. The summed E-state index contributed by atoms with van der Waals surface area (Å²) in [5.74, 6) is -4.72. The summed E-state index contributed by atoms with van der Waals surface area (Å²) in [6.07, 6.45) is -0.810. The van der Waals surface area contributed by atoms with E-state index < -0.39 is 35.2 Å². The Morgan fingerprint density at radius 3 is 2.42 bits per heavy atom. The summed E-state index contributed by atoms with van der Waals surface area (Å²) in [6, 6.07) is 1.70. The molecule has 1 atom stereocenters. The van der Waals surface area contributed by atoms with E-state index in [2.05, 4.69) is 5.32 Å². The first kappa shape index (κ1) is 15.5. The van der Waals surface area contributed by atoms with Crippen molar-refractivity contribution in [1.82, 2.24) is 0 Å². The molecule has 1 unspecified atom stereocenters. The second kappa shape index (κ2) is 6.56. The number of carbonyl (C=O) groups is 1. The van der Waals surface area contributed by atoms with Crippen molar-refractivity contribution < 1.29 is 22.7 Å². The Morgan fingerprint density at radius 1 is 1.21 bits per heavy atom. The van der Waals surface area contributed by atoms with Crippen LogP contribution >= 0.6 is 0 Å². The standard InChI is InChI=1S/C13H16F3NO2/c1-7(2)6-19-8(3)13(18)17-10-5-4-9(14)11(15)12(10)16/h4-5,7-8H,6H2,1-3H3,(H,17,18). The summed E-state index contributed by atoms with van der Waals surface area (Å²) in [5, 5.41) is 2.16. The fourth-order valence-electron chi connectivity index (χ4n) is 1.27. The van der Waals surface area contributed by atoms with Crippen molar-refractivity contribution in [2.75, 3.05) is 11.9 Å². The minimum absolute atomic E-state index is 0.246. The molecule has 19 heavy (non-hydrogen) atoms. The lowest BCUT2D eigenvalue weighted by atomic mass is 10.2. The van der Waals surface area contributed by atoms with Gasteiger partial charge in [0.25, 0.3) is 5.91 Å². The van der Waals surface area contributed by atoms with Crippen molar-refractivity contribution in [3.8, 4) is 0 Å². The number of anilines is 1. The largest absolute Gasteiger partial charge is 0.368 e. The van der Waals surface area contributed by atoms with Crippen LogP contribution in [0.15, 0.2) is 12.1 Å². The number of ether oxygens (including phenoxy) is 1. The van der Waals surface area contributed by atoms with Crippen LogP contribution in [0.3, 0.4) is 0 Å². The van der Waals surface area contributed by atoms with E-state index in [0.717, 1.165) is 12.1 Å². The third kappa shape index (κ3) is 4.24. The number of rotatable bonds is 5. The van der Waals surface area contributed by atoms with Crippen LogP contribution in [0.25, 0.3) is 0 Å². The average molecular weight is 275 g/mol. The van der Waals surface area contributed by atoms with Gasteiger partial charge < -0.3 is 10.1 Å². The molecule has 1 amide bonds. The van der Waals surface area contributed by atoms with Gasteiger partial charge in [-0.05, 0) is 25.0 Å². The highest BCUT2D eigenvalue weighted by atomic mass is 19.2. The Hall–Kier alpha value is -1.56. The Labute approximate surface area is 109 Å². The monoisotopic (exact) mass is 275 g/mol. The molecule has 6 heteroatoms. The molecule has 0 fully saturated rings. The summed E-state index contributed by atoms with van der Waals surface area (Å²) in [7, 11) is 0. The molecule has 106 valence electrons. The van der Waals surface area contributed by atoms with Gasteiger partial charge in [-0.2, -0.15) is 0 Å². The van der Waals surface area contributed by atoms with Gasteiger partial charge in [-0.25, -0.2) is 13.2 Å². The van der Waals surface area contributed by atoms with Crippen LogP contribution in [0, 0.1) is 23.4 Å². The number of halogens is 3. The fourth-order valence-corrected chi connectivity index (χ4v) is 1.27. The lowest BCUT2D eigenvalue weighted by Crippen LogP contribution is -2.29. The molecule has 0 radical (unpaired) electrons. The number of benzene rings is 1.